The fourth-order valence-electron chi connectivity index (χ4n) is 4.62. The molecule has 1 saturated heterocycles. The minimum Gasteiger partial charge on any atom is -0.381 e. The second-order valence-corrected chi connectivity index (χ2v) is 8.67. The lowest BCUT2D eigenvalue weighted by molar-refractivity contribution is -0.212. The number of benzene rings is 1. The highest BCUT2D eigenvalue weighted by molar-refractivity contribution is 5.95. The van der Waals surface area contributed by atoms with Gasteiger partial charge in [0.15, 0.2) is 0 Å². The van der Waals surface area contributed by atoms with Crippen molar-refractivity contribution in [3.63, 3.8) is 0 Å². The Labute approximate surface area is 191 Å². The van der Waals surface area contributed by atoms with Crippen molar-refractivity contribution in [3.8, 4) is 0 Å². The lowest BCUT2D eigenvalue weighted by atomic mass is 10.0. The van der Waals surface area contributed by atoms with Gasteiger partial charge in [0.05, 0.1) is 18.0 Å². The van der Waals surface area contributed by atoms with Gasteiger partial charge in [0.2, 0.25) is 5.85 Å². The Balaban J connectivity index is 1.64. The molecule has 2 aromatic rings. The number of nitrogens with one attached hydrogen (secondary N) is 2. The zero-order valence-electron chi connectivity index (χ0n) is 18.9. The van der Waals surface area contributed by atoms with E-state index in [1.54, 1.807) is 22.6 Å². The van der Waals surface area contributed by atoms with Gasteiger partial charge in [-0.15, -0.1) is 0 Å². The number of pyridine rings is 1. The lowest BCUT2D eigenvalue weighted by Gasteiger charge is -2.50. The van der Waals surface area contributed by atoms with E-state index < -0.39 is 17.5 Å². The number of aromatic nitrogens is 1. The highest BCUT2D eigenvalue weighted by Gasteiger charge is 2.48. The quantitative estimate of drug-likeness (QED) is 0.621. The van der Waals surface area contributed by atoms with Crippen LogP contribution in [0.1, 0.15) is 53.4 Å². The Morgan fingerprint density at radius 3 is 2.76 bits per heavy atom. The molecule has 1 aromatic carbocycles. The fourth-order valence-corrected chi connectivity index (χ4v) is 4.62. The number of rotatable bonds is 6. The summed E-state index contributed by atoms with van der Waals surface area (Å²) in [7, 11) is 0. The zero-order chi connectivity index (χ0) is 23.9. The first-order chi connectivity index (χ1) is 15.7. The molecule has 1 aromatic heterocycles. The molecule has 1 amide bonds. The molecule has 176 valence electrons. The number of hydrogen-bond donors (Lipinski definition) is 3. The predicted molar refractivity (Wildman–Crippen MR) is 120 cm³/mol. The Morgan fingerprint density at radius 1 is 1.39 bits per heavy atom. The summed E-state index contributed by atoms with van der Waals surface area (Å²) in [5, 5.41) is 11.6. The molecule has 0 saturated carbocycles. The maximum Gasteiger partial charge on any atom is 0.274 e. The van der Waals surface area contributed by atoms with Gasteiger partial charge in [-0.25, -0.2) is 8.78 Å². The van der Waals surface area contributed by atoms with Crippen LogP contribution in [-0.4, -0.2) is 33.9 Å². The summed E-state index contributed by atoms with van der Waals surface area (Å²) in [6.45, 7) is 8.31. The molecule has 0 bridgehead atoms. The van der Waals surface area contributed by atoms with Gasteiger partial charge < -0.3 is 14.6 Å². The summed E-state index contributed by atoms with van der Waals surface area (Å²) >= 11 is 0. The topological polar surface area (TPSA) is 96.4 Å². The summed E-state index contributed by atoms with van der Waals surface area (Å²) in [6.07, 6.45) is 4.15. The van der Waals surface area contributed by atoms with Crippen LogP contribution in [0, 0.1) is 24.0 Å². The molecule has 0 radical (unpaired) electrons. The van der Waals surface area contributed by atoms with Crippen molar-refractivity contribution in [3.05, 3.63) is 70.4 Å². The molecule has 7 nitrogen and oxygen atoms in total. The maximum absolute atomic E-state index is 14.0. The smallest absolute Gasteiger partial charge is 0.274 e. The second kappa shape index (κ2) is 8.72. The van der Waals surface area contributed by atoms with Crippen LogP contribution in [0.2, 0.25) is 0 Å². The third-order valence-electron chi connectivity index (χ3n) is 6.39. The Bertz CT molecular complexity index is 1160. The molecule has 0 aliphatic carbocycles. The Kier molecular flexibility index (Phi) is 6.11. The number of ether oxygens (including phenoxy) is 1. The van der Waals surface area contributed by atoms with Gasteiger partial charge in [-0.1, -0.05) is 26.0 Å². The minimum atomic E-state index is -1.27. The van der Waals surface area contributed by atoms with E-state index in [4.69, 9.17) is 15.9 Å². The largest absolute Gasteiger partial charge is 0.381 e. The summed E-state index contributed by atoms with van der Waals surface area (Å²) in [6, 6.07) is 3.67. The summed E-state index contributed by atoms with van der Waals surface area (Å²) in [5.74, 6) is -2.87. The monoisotopic (exact) mass is 457 g/mol. The van der Waals surface area contributed by atoms with Crippen LogP contribution in [0.15, 0.2) is 31.0 Å². The van der Waals surface area contributed by atoms with Gasteiger partial charge in [0, 0.05) is 41.7 Å². The molecule has 1 fully saturated rings. The molecule has 0 unspecified atom stereocenters. The van der Waals surface area contributed by atoms with E-state index >= 15 is 0 Å². The second-order valence-electron chi connectivity index (χ2n) is 8.67. The molecular weight excluding hydrogens is 428 g/mol. The number of fused-ring (bicyclic) bond motifs is 2. The third kappa shape index (κ3) is 4.06. The van der Waals surface area contributed by atoms with Crippen molar-refractivity contribution in [2.45, 2.75) is 58.2 Å². The normalized spacial score (nSPS) is 22.0. The molecular formula is C24H29F2N5O2. The average Bonchev–Trinajstić information content (AvgIpc) is 2.75. The van der Waals surface area contributed by atoms with Gasteiger partial charge in [-0.2, -0.15) is 0 Å². The molecule has 2 aliphatic heterocycles. The number of amides is 1. The molecule has 0 spiro atoms. The first-order valence-electron chi connectivity index (χ1n) is 11.1. The van der Waals surface area contributed by atoms with Crippen LogP contribution in [0.5, 0.6) is 0 Å². The van der Waals surface area contributed by atoms with Crippen molar-refractivity contribution in [2.24, 2.45) is 5.73 Å². The average molecular weight is 458 g/mol. The summed E-state index contributed by atoms with van der Waals surface area (Å²) in [5.41, 5.74) is 8.05. The Hall–Kier alpha value is -3.04. The fraction of sp³-hybridized carbons (Fsp3) is 0.417. The molecule has 33 heavy (non-hydrogen) atoms. The van der Waals surface area contributed by atoms with Crippen LogP contribution in [0.3, 0.4) is 0 Å². The van der Waals surface area contributed by atoms with Crippen molar-refractivity contribution in [1.29, 1.82) is 5.41 Å². The van der Waals surface area contributed by atoms with E-state index in [2.05, 4.69) is 18.8 Å². The van der Waals surface area contributed by atoms with E-state index in [0.29, 0.717) is 29.1 Å². The molecule has 9 heteroatoms. The standard InChI is InChI=1S/C24H29F2N5O2/c1-4-6-16-9-10-31-23(32)22-14(2)21(27)18(12-30(22)13-24(31,28)33-16)15(3)29-11-17-19(25)7-5-8-20(17)26/h5,7-8,12,16,27,29H,3-4,6,9-11,13,28H2,1-2H3/t16-,24+/m0/s1. The van der Waals surface area contributed by atoms with Crippen LogP contribution in [0.25, 0.3) is 5.70 Å². The van der Waals surface area contributed by atoms with Crippen LogP contribution >= 0.6 is 0 Å². The summed E-state index contributed by atoms with van der Waals surface area (Å²) < 4.78 is 35.8. The Morgan fingerprint density at radius 2 is 2.09 bits per heavy atom. The summed E-state index contributed by atoms with van der Waals surface area (Å²) in [4.78, 5) is 14.9. The van der Waals surface area contributed by atoms with Crippen molar-refractivity contribution >= 4 is 11.6 Å². The van der Waals surface area contributed by atoms with Crippen molar-refractivity contribution in [1.82, 2.24) is 14.8 Å². The lowest BCUT2D eigenvalue weighted by Crippen LogP contribution is -2.69. The zero-order valence-corrected chi connectivity index (χ0v) is 18.9. The van der Waals surface area contributed by atoms with Gasteiger partial charge in [0.25, 0.3) is 5.91 Å². The van der Waals surface area contributed by atoms with Crippen LogP contribution in [-0.2, 0) is 17.8 Å². The van der Waals surface area contributed by atoms with Crippen LogP contribution < -0.4 is 16.4 Å². The first kappa shape index (κ1) is 23.1. The number of carbonyl (C=O) groups excluding carboxylic acids is 1. The number of nitrogens with two attached hydrogens (primary N) is 1. The number of halogens is 2. The van der Waals surface area contributed by atoms with Gasteiger partial charge in [0.1, 0.15) is 17.3 Å². The third-order valence-corrected chi connectivity index (χ3v) is 6.39. The highest BCUT2D eigenvalue weighted by Crippen LogP contribution is 2.32. The van der Waals surface area contributed by atoms with Crippen molar-refractivity contribution < 1.29 is 18.3 Å². The highest BCUT2D eigenvalue weighted by atomic mass is 19.1. The molecule has 2 aliphatic rings. The van der Waals surface area contributed by atoms with E-state index in [9.17, 15) is 13.6 Å². The van der Waals surface area contributed by atoms with E-state index in [0.717, 1.165) is 19.3 Å². The number of hydrogen-bond acceptors (Lipinski definition) is 5. The van der Waals surface area contributed by atoms with Gasteiger partial charge >= 0.3 is 0 Å². The van der Waals surface area contributed by atoms with Crippen molar-refractivity contribution in [2.75, 3.05) is 6.54 Å². The number of carbonyl (C=O) groups is 1. The van der Waals surface area contributed by atoms with Crippen LogP contribution in [0.4, 0.5) is 8.78 Å². The van der Waals surface area contributed by atoms with Gasteiger partial charge in [-0.05, 0) is 31.9 Å². The predicted octanol–water partition coefficient (Wildman–Crippen LogP) is 2.97. The molecule has 4 rings (SSSR count). The van der Waals surface area contributed by atoms with Gasteiger partial charge in [-0.3, -0.25) is 20.8 Å². The van der Waals surface area contributed by atoms with E-state index in [1.807, 2.05) is 0 Å². The van der Waals surface area contributed by atoms with E-state index in [-0.39, 0.29) is 36.0 Å². The molecule has 3 heterocycles. The maximum atomic E-state index is 14.0. The first-order valence-corrected chi connectivity index (χ1v) is 11.1. The van der Waals surface area contributed by atoms with E-state index in [1.165, 1.54) is 18.2 Å². The minimum absolute atomic E-state index is 0.0190. The molecule has 2 atom stereocenters. The molecule has 4 N–H and O–H groups in total. The SMILES string of the molecule is C=C(NCc1c(F)cccc1F)c1cn2c(c(C)c1=N)C(=O)N1CC[C@H](CCC)O[C@@]1(N)C2. The number of nitrogens with zero attached hydrogens (tertiary/aromatic N) is 2.